The van der Waals surface area contributed by atoms with Gasteiger partial charge < -0.3 is 19.3 Å². The Bertz CT molecular complexity index is 712. The number of rotatable bonds is 5. The zero-order valence-corrected chi connectivity index (χ0v) is 14.6. The van der Waals surface area contributed by atoms with E-state index in [1.165, 1.54) is 4.90 Å². The van der Waals surface area contributed by atoms with Gasteiger partial charge in [0.25, 0.3) is 0 Å². The Morgan fingerprint density at radius 3 is 2.73 bits per heavy atom. The smallest absolute Gasteiger partial charge is 0.235 e. The highest BCUT2D eigenvalue weighted by molar-refractivity contribution is 6.06. The number of ether oxygens (including phenoxy) is 3. The lowest BCUT2D eigenvalue weighted by Crippen LogP contribution is -2.42. The van der Waals surface area contributed by atoms with Crippen molar-refractivity contribution in [2.45, 2.75) is 44.6 Å². The molecule has 7 heteroatoms. The summed E-state index contributed by atoms with van der Waals surface area (Å²) >= 11 is 0. The third-order valence-corrected chi connectivity index (χ3v) is 5.48. The van der Waals surface area contributed by atoms with Gasteiger partial charge in [-0.05, 0) is 25.0 Å². The average molecular weight is 361 g/mol. The normalized spacial score (nSPS) is 22.1. The topological polar surface area (TPSA) is 85.3 Å². The summed E-state index contributed by atoms with van der Waals surface area (Å²) in [4.78, 5) is 26.3. The van der Waals surface area contributed by atoms with E-state index in [4.69, 9.17) is 14.2 Å². The number of carbonyl (C=O) groups excluding carboxylic acids is 2. The third kappa shape index (κ3) is 3.11. The van der Waals surface area contributed by atoms with Crippen molar-refractivity contribution in [2.24, 2.45) is 5.41 Å². The van der Waals surface area contributed by atoms with E-state index >= 15 is 0 Å². The van der Waals surface area contributed by atoms with Crippen molar-refractivity contribution in [2.75, 3.05) is 19.9 Å². The van der Waals surface area contributed by atoms with E-state index in [9.17, 15) is 14.7 Å². The minimum Gasteiger partial charge on any atom is -0.491 e. The van der Waals surface area contributed by atoms with Crippen LogP contribution >= 0.6 is 0 Å². The predicted octanol–water partition coefficient (Wildman–Crippen LogP) is 1.86. The first-order valence-electron chi connectivity index (χ1n) is 9.13. The summed E-state index contributed by atoms with van der Waals surface area (Å²) in [7, 11) is 0. The van der Waals surface area contributed by atoms with Gasteiger partial charge in [0.15, 0.2) is 11.5 Å². The number of imide groups is 1. The molecule has 0 radical (unpaired) electrons. The van der Waals surface area contributed by atoms with Crippen molar-refractivity contribution in [3.63, 3.8) is 0 Å². The van der Waals surface area contributed by atoms with E-state index in [0.717, 1.165) is 32.1 Å². The number of hydrogen-bond acceptors (Lipinski definition) is 6. The van der Waals surface area contributed by atoms with Crippen LogP contribution in [0.5, 0.6) is 17.2 Å². The van der Waals surface area contributed by atoms with Crippen LogP contribution in [-0.4, -0.2) is 47.9 Å². The lowest BCUT2D eigenvalue weighted by molar-refractivity contribution is -0.144. The molecule has 0 aromatic heterocycles. The molecule has 4 rings (SSSR count). The summed E-state index contributed by atoms with van der Waals surface area (Å²) in [6.45, 7) is 0.149. The summed E-state index contributed by atoms with van der Waals surface area (Å²) in [6, 6.07) is 5.16. The minimum absolute atomic E-state index is 0.0102. The molecule has 7 nitrogen and oxygen atoms in total. The van der Waals surface area contributed by atoms with E-state index in [-0.39, 0.29) is 38.2 Å². The van der Waals surface area contributed by atoms with Gasteiger partial charge in [-0.1, -0.05) is 19.3 Å². The molecule has 1 N–H and O–H groups in total. The van der Waals surface area contributed by atoms with Gasteiger partial charge in [-0.15, -0.1) is 0 Å². The van der Waals surface area contributed by atoms with Gasteiger partial charge >= 0.3 is 0 Å². The molecule has 1 unspecified atom stereocenters. The van der Waals surface area contributed by atoms with Crippen molar-refractivity contribution in [3.05, 3.63) is 18.2 Å². The average Bonchev–Trinajstić information content (AvgIpc) is 3.19. The number of β-amino-alcohol motifs (C(OH)–C–C–N with tert-alkyl or cyclic N) is 1. The van der Waals surface area contributed by atoms with Gasteiger partial charge in [0.1, 0.15) is 18.5 Å². The van der Waals surface area contributed by atoms with E-state index < -0.39 is 11.5 Å². The van der Waals surface area contributed by atoms with Gasteiger partial charge in [-0.25, -0.2) is 0 Å². The van der Waals surface area contributed by atoms with Crippen LogP contribution in [-0.2, 0) is 9.59 Å². The van der Waals surface area contributed by atoms with Crippen LogP contribution in [0.15, 0.2) is 18.2 Å². The number of benzene rings is 1. The maximum Gasteiger partial charge on any atom is 0.235 e. The van der Waals surface area contributed by atoms with Crippen molar-refractivity contribution < 1.29 is 28.9 Å². The number of amides is 2. The number of likely N-dealkylation sites (tertiary alicyclic amines) is 1. The summed E-state index contributed by atoms with van der Waals surface area (Å²) in [6.07, 6.45) is 3.99. The first-order valence-corrected chi connectivity index (χ1v) is 9.13. The first kappa shape index (κ1) is 17.1. The lowest BCUT2D eigenvalue weighted by Gasteiger charge is -2.30. The van der Waals surface area contributed by atoms with Gasteiger partial charge in [0.05, 0.1) is 12.0 Å². The summed E-state index contributed by atoms with van der Waals surface area (Å²) in [5.41, 5.74) is -0.521. The molecule has 2 fully saturated rings. The second-order valence-corrected chi connectivity index (χ2v) is 7.31. The van der Waals surface area contributed by atoms with Gasteiger partial charge in [0.2, 0.25) is 18.6 Å². The molecule has 1 spiro atoms. The Hall–Kier alpha value is -2.28. The maximum atomic E-state index is 12.8. The molecule has 2 aliphatic heterocycles. The number of carbonyl (C=O) groups is 2. The molecule has 3 aliphatic rings. The Kier molecular flexibility index (Phi) is 4.48. The van der Waals surface area contributed by atoms with Gasteiger partial charge in [-0.3, -0.25) is 14.5 Å². The van der Waals surface area contributed by atoms with E-state index in [0.29, 0.717) is 17.2 Å². The predicted molar refractivity (Wildman–Crippen MR) is 90.9 cm³/mol. The Morgan fingerprint density at radius 1 is 1.15 bits per heavy atom. The molecule has 1 aromatic rings. The van der Waals surface area contributed by atoms with E-state index in [1.807, 2.05) is 0 Å². The van der Waals surface area contributed by atoms with Gasteiger partial charge in [-0.2, -0.15) is 0 Å². The Morgan fingerprint density at radius 2 is 1.92 bits per heavy atom. The Balaban J connectivity index is 1.33. The highest BCUT2D eigenvalue weighted by atomic mass is 16.7. The van der Waals surface area contributed by atoms with Gasteiger partial charge in [0, 0.05) is 12.5 Å². The fraction of sp³-hybridized carbons (Fsp3) is 0.579. The van der Waals surface area contributed by atoms with Crippen LogP contribution in [0.4, 0.5) is 0 Å². The molecule has 1 aromatic carbocycles. The molecular weight excluding hydrogens is 338 g/mol. The number of aliphatic hydroxyl groups excluding tert-OH is 1. The molecule has 0 bridgehead atoms. The second kappa shape index (κ2) is 6.79. The molecule has 26 heavy (non-hydrogen) atoms. The highest BCUT2D eigenvalue weighted by Gasteiger charge is 2.51. The van der Waals surface area contributed by atoms with Crippen LogP contribution < -0.4 is 14.2 Å². The summed E-state index contributed by atoms with van der Waals surface area (Å²) in [5.74, 6) is 1.49. The number of fused-ring (bicyclic) bond motifs is 1. The SMILES string of the molecule is O=C1CC2(CCCCC2)C(=O)N1CC(O)COc1ccc2c(c1)OCO2. The van der Waals surface area contributed by atoms with Crippen LogP contribution in [0, 0.1) is 5.41 Å². The molecule has 1 aliphatic carbocycles. The molecule has 2 heterocycles. The van der Waals surface area contributed by atoms with Crippen molar-refractivity contribution >= 4 is 11.8 Å². The molecule has 1 saturated heterocycles. The number of aliphatic hydroxyl groups is 1. The monoisotopic (exact) mass is 361 g/mol. The fourth-order valence-corrected chi connectivity index (χ4v) is 4.09. The largest absolute Gasteiger partial charge is 0.491 e. The minimum atomic E-state index is -0.938. The highest BCUT2D eigenvalue weighted by Crippen LogP contribution is 2.45. The summed E-state index contributed by atoms with van der Waals surface area (Å²) < 4.78 is 16.1. The van der Waals surface area contributed by atoms with E-state index in [2.05, 4.69) is 0 Å². The molecule has 140 valence electrons. The number of nitrogens with zero attached hydrogens (tertiary/aromatic N) is 1. The summed E-state index contributed by atoms with van der Waals surface area (Å²) in [5, 5.41) is 10.3. The number of hydrogen-bond donors (Lipinski definition) is 1. The molecule has 1 saturated carbocycles. The lowest BCUT2D eigenvalue weighted by atomic mass is 9.73. The second-order valence-electron chi connectivity index (χ2n) is 7.31. The van der Waals surface area contributed by atoms with Crippen LogP contribution in [0.1, 0.15) is 38.5 Å². The Labute approximate surface area is 151 Å². The molecular formula is C19H23NO6. The zero-order valence-electron chi connectivity index (χ0n) is 14.6. The maximum absolute atomic E-state index is 12.8. The van der Waals surface area contributed by atoms with Crippen LogP contribution in [0.25, 0.3) is 0 Å². The van der Waals surface area contributed by atoms with Crippen LogP contribution in [0.3, 0.4) is 0 Å². The standard InChI is InChI=1S/C19H23NO6/c21-13(11-24-14-4-5-15-16(8-14)26-12-25-15)10-20-17(22)9-19(18(20)23)6-2-1-3-7-19/h4-5,8,13,21H,1-3,6-7,9-12H2. The van der Waals surface area contributed by atoms with E-state index in [1.54, 1.807) is 18.2 Å². The fourth-order valence-electron chi connectivity index (χ4n) is 4.09. The first-order chi connectivity index (χ1) is 12.6. The molecule has 1 atom stereocenters. The third-order valence-electron chi connectivity index (χ3n) is 5.48. The van der Waals surface area contributed by atoms with Crippen LogP contribution in [0.2, 0.25) is 0 Å². The zero-order chi connectivity index (χ0) is 18.1. The van der Waals surface area contributed by atoms with Crippen molar-refractivity contribution in [3.8, 4) is 17.2 Å². The van der Waals surface area contributed by atoms with Crippen molar-refractivity contribution in [1.29, 1.82) is 0 Å². The van der Waals surface area contributed by atoms with Crippen molar-refractivity contribution in [1.82, 2.24) is 4.90 Å². The quantitative estimate of drug-likeness (QED) is 0.806. The molecule has 2 amide bonds.